The van der Waals surface area contributed by atoms with Crippen LogP contribution in [0.15, 0.2) is 66.2 Å². The third-order valence-electron chi connectivity index (χ3n) is 10.5. The van der Waals surface area contributed by atoms with Crippen molar-refractivity contribution in [3.63, 3.8) is 0 Å². The Morgan fingerprint density at radius 1 is 0.885 bits per heavy atom. The van der Waals surface area contributed by atoms with Crippen LogP contribution in [0.4, 0.5) is 0 Å². The van der Waals surface area contributed by atoms with E-state index in [1.807, 2.05) is 12.1 Å². The van der Waals surface area contributed by atoms with Crippen LogP contribution in [0.25, 0.3) is 0 Å². The molecule has 0 saturated carbocycles. The highest BCUT2D eigenvalue weighted by Gasteiger charge is 2.54. The molecule has 0 bridgehead atoms. The maximum atomic E-state index is 14.5. The summed E-state index contributed by atoms with van der Waals surface area (Å²) in [4.78, 5) is 42.0. The molecule has 3 aromatic carbocycles. The Bertz CT molecular complexity index is 1930. The van der Waals surface area contributed by atoms with Gasteiger partial charge >= 0.3 is 11.9 Å². The number of methoxy groups -OCH3 is 3. The summed E-state index contributed by atoms with van der Waals surface area (Å²) in [6, 6.07) is 15.1. The van der Waals surface area contributed by atoms with Crippen LogP contribution in [0.5, 0.6) is 28.7 Å². The first kappa shape index (κ1) is 35.1. The largest absolute Gasteiger partial charge is 0.493 e. The van der Waals surface area contributed by atoms with Gasteiger partial charge in [-0.05, 0) is 74.7 Å². The van der Waals surface area contributed by atoms with Gasteiger partial charge in [0.25, 0.3) is 5.91 Å². The first-order valence-corrected chi connectivity index (χ1v) is 17.0. The van der Waals surface area contributed by atoms with Crippen molar-refractivity contribution in [2.45, 2.75) is 56.8 Å². The number of hydroxylamine groups is 2. The summed E-state index contributed by atoms with van der Waals surface area (Å²) in [5.41, 5.74) is 0.505. The van der Waals surface area contributed by atoms with Crippen molar-refractivity contribution in [2.75, 3.05) is 34.7 Å². The standard InChI is InChI=1S/C39H41N2O11/c1-38(2)17-25(39(3,4)41(38)45)36(43)52-33(20-11-9-8-10-12-20)35(42)40-32-23-16-27-26(50-19-51-27)15-22(23)30(31-24(32)18-49-37(31)44)21-13-28(46-5)34(48-7)29(14-21)47-6/h8-17,24,30-33H,18-19H2,1-7H3,(H,40,42)/t24-,30+,31-,32+,33?/m0/s1. The van der Waals surface area contributed by atoms with Gasteiger partial charge in [-0.3, -0.25) is 9.59 Å². The SMILES string of the molecule is COc1cc([C@@H]2c3cc4c(cc3[C@@H](NC(=O)C(OC(=O)C3=CC(C)(C)N([O])C3(C)C)c3ccccc3)[C@H]3COC(=O)[C@H]23)OCO4)cc(OC)c1OC. The molecule has 1 N–H and O–H groups in total. The summed E-state index contributed by atoms with van der Waals surface area (Å²) in [5.74, 6) is -1.48. The maximum absolute atomic E-state index is 14.5. The molecule has 3 heterocycles. The van der Waals surface area contributed by atoms with E-state index < -0.39 is 58.8 Å². The molecule has 13 heteroatoms. The molecule has 1 unspecified atom stereocenters. The molecule has 1 aliphatic carbocycles. The zero-order valence-corrected chi connectivity index (χ0v) is 30.0. The minimum Gasteiger partial charge on any atom is -0.493 e. The van der Waals surface area contributed by atoms with Crippen molar-refractivity contribution >= 4 is 17.8 Å². The number of nitrogens with zero attached hydrogens (tertiary/aromatic N) is 1. The van der Waals surface area contributed by atoms with Gasteiger partial charge in [-0.25, -0.2) is 4.79 Å². The summed E-state index contributed by atoms with van der Waals surface area (Å²) in [5, 5.41) is 17.1. The average Bonchev–Trinajstić information content (AvgIpc) is 3.80. The lowest BCUT2D eigenvalue weighted by atomic mass is 9.65. The van der Waals surface area contributed by atoms with Crippen LogP contribution in [-0.2, 0) is 29.1 Å². The number of esters is 2. The van der Waals surface area contributed by atoms with Crippen molar-refractivity contribution in [3.05, 3.63) is 88.5 Å². The van der Waals surface area contributed by atoms with E-state index in [2.05, 4.69) is 5.32 Å². The van der Waals surface area contributed by atoms with Crippen LogP contribution >= 0.6 is 0 Å². The average molecular weight is 714 g/mol. The Labute approximate surface area is 301 Å². The van der Waals surface area contributed by atoms with Gasteiger partial charge in [-0.15, -0.1) is 10.3 Å². The summed E-state index contributed by atoms with van der Waals surface area (Å²) in [6.07, 6.45) is 0.188. The summed E-state index contributed by atoms with van der Waals surface area (Å²) < 4.78 is 40.1. The molecule has 4 aliphatic rings. The van der Waals surface area contributed by atoms with Crippen LogP contribution in [0, 0.1) is 11.8 Å². The maximum Gasteiger partial charge on any atom is 0.336 e. The molecule has 1 amide bonds. The Morgan fingerprint density at radius 2 is 1.52 bits per heavy atom. The van der Waals surface area contributed by atoms with Crippen molar-refractivity contribution in [3.8, 4) is 28.7 Å². The summed E-state index contributed by atoms with van der Waals surface area (Å²) in [6.45, 7) is 6.74. The van der Waals surface area contributed by atoms with E-state index in [1.54, 1.807) is 76.2 Å². The number of hydrogen-bond acceptors (Lipinski definition) is 11. The van der Waals surface area contributed by atoms with Gasteiger partial charge in [0.15, 0.2) is 23.0 Å². The smallest absolute Gasteiger partial charge is 0.336 e. The highest BCUT2D eigenvalue weighted by atomic mass is 16.7. The summed E-state index contributed by atoms with van der Waals surface area (Å²) >= 11 is 0. The fourth-order valence-electron chi connectivity index (χ4n) is 8.06. The van der Waals surface area contributed by atoms with Gasteiger partial charge in [0.2, 0.25) is 18.6 Å². The number of nitrogens with one attached hydrogen (secondary N) is 1. The fraction of sp³-hybridized carbons (Fsp3) is 0.410. The molecule has 3 aliphatic heterocycles. The van der Waals surface area contributed by atoms with Crippen LogP contribution in [-0.4, -0.2) is 68.7 Å². The van der Waals surface area contributed by atoms with E-state index in [1.165, 1.54) is 21.3 Å². The van der Waals surface area contributed by atoms with Gasteiger partial charge in [-0.1, -0.05) is 30.3 Å². The zero-order valence-electron chi connectivity index (χ0n) is 30.0. The summed E-state index contributed by atoms with van der Waals surface area (Å²) in [7, 11) is 4.55. The molecular weight excluding hydrogens is 672 g/mol. The molecule has 13 nitrogen and oxygen atoms in total. The van der Waals surface area contributed by atoms with Crippen LogP contribution in [0.1, 0.15) is 68.0 Å². The van der Waals surface area contributed by atoms with Gasteiger partial charge < -0.3 is 38.5 Å². The van der Waals surface area contributed by atoms with Crippen molar-refractivity contribution in [1.82, 2.24) is 10.4 Å². The highest BCUT2D eigenvalue weighted by Crippen LogP contribution is 2.56. The predicted octanol–water partition coefficient (Wildman–Crippen LogP) is 4.96. The zero-order chi connectivity index (χ0) is 37.1. The van der Waals surface area contributed by atoms with Crippen molar-refractivity contribution < 1.29 is 52.7 Å². The number of carbonyl (C=O) groups excluding carboxylic acids is 3. The second-order valence-electron chi connectivity index (χ2n) is 14.3. The molecule has 7 rings (SSSR count). The fourth-order valence-corrected chi connectivity index (χ4v) is 8.06. The molecule has 52 heavy (non-hydrogen) atoms. The van der Waals surface area contributed by atoms with Crippen molar-refractivity contribution in [2.24, 2.45) is 11.8 Å². The third-order valence-corrected chi connectivity index (χ3v) is 10.5. The number of rotatable bonds is 9. The number of carbonyl (C=O) groups is 3. The third kappa shape index (κ3) is 5.68. The number of cyclic esters (lactones) is 1. The van der Waals surface area contributed by atoms with Crippen LogP contribution < -0.4 is 29.0 Å². The minimum absolute atomic E-state index is 0.00876. The van der Waals surface area contributed by atoms with E-state index in [0.717, 1.165) is 5.06 Å². The highest BCUT2D eigenvalue weighted by molar-refractivity contribution is 5.95. The lowest BCUT2D eigenvalue weighted by Crippen LogP contribution is -2.48. The minimum atomic E-state index is -1.39. The topological polar surface area (TPSA) is 151 Å². The number of hydrogen-bond donors (Lipinski definition) is 1. The first-order chi connectivity index (χ1) is 24.8. The number of benzene rings is 3. The predicted molar refractivity (Wildman–Crippen MR) is 183 cm³/mol. The van der Waals surface area contributed by atoms with E-state index in [0.29, 0.717) is 51.0 Å². The molecule has 3 aromatic rings. The molecule has 1 fully saturated rings. The molecule has 1 radical (unpaired) electrons. The van der Waals surface area contributed by atoms with Crippen LogP contribution in [0.3, 0.4) is 0 Å². The first-order valence-electron chi connectivity index (χ1n) is 17.0. The van der Waals surface area contributed by atoms with Gasteiger partial charge in [0.1, 0.15) is 0 Å². The Hall–Kier alpha value is -5.27. The number of amides is 1. The number of fused-ring (bicyclic) bond motifs is 3. The van der Waals surface area contributed by atoms with Gasteiger partial charge in [0.05, 0.1) is 56.5 Å². The van der Waals surface area contributed by atoms with E-state index >= 15 is 0 Å². The monoisotopic (exact) mass is 713 g/mol. The van der Waals surface area contributed by atoms with Crippen LogP contribution in [0.2, 0.25) is 0 Å². The lowest BCUT2D eigenvalue weighted by Gasteiger charge is -2.40. The molecule has 5 atom stereocenters. The molecule has 0 spiro atoms. The quantitative estimate of drug-likeness (QED) is 0.300. The lowest BCUT2D eigenvalue weighted by molar-refractivity contribution is -0.239. The van der Waals surface area contributed by atoms with Crippen molar-refractivity contribution in [1.29, 1.82) is 0 Å². The Balaban J connectivity index is 1.30. The van der Waals surface area contributed by atoms with E-state index in [-0.39, 0.29) is 19.0 Å². The Kier molecular flexibility index (Phi) is 8.82. The van der Waals surface area contributed by atoms with E-state index in [9.17, 15) is 19.6 Å². The molecular formula is C39H41N2O11. The second-order valence-corrected chi connectivity index (χ2v) is 14.3. The normalized spacial score (nSPS) is 24.2. The molecule has 273 valence electrons. The van der Waals surface area contributed by atoms with E-state index in [4.69, 9.17) is 33.2 Å². The molecule has 1 saturated heterocycles. The Morgan fingerprint density at radius 3 is 2.10 bits per heavy atom. The van der Waals surface area contributed by atoms with Gasteiger partial charge in [0, 0.05) is 17.4 Å². The second kappa shape index (κ2) is 13.1. The molecule has 0 aromatic heterocycles. The van der Waals surface area contributed by atoms with Gasteiger partial charge in [-0.2, -0.15) is 0 Å². The number of ether oxygens (including phenoxy) is 7.